The molecule has 0 amide bonds. The molecule has 2 aromatic heterocycles. The van der Waals surface area contributed by atoms with E-state index < -0.39 is 10.1 Å². The van der Waals surface area contributed by atoms with Crippen molar-refractivity contribution in [2.24, 2.45) is 0 Å². The van der Waals surface area contributed by atoms with Crippen molar-refractivity contribution in [2.75, 3.05) is 0 Å². The van der Waals surface area contributed by atoms with Gasteiger partial charge in [0.1, 0.15) is 27.2 Å². The summed E-state index contributed by atoms with van der Waals surface area (Å²) in [5, 5.41) is 21.8. The summed E-state index contributed by atoms with van der Waals surface area (Å²) in [6, 6.07) is 17.5. The van der Waals surface area contributed by atoms with Gasteiger partial charge in [0.15, 0.2) is 0 Å². The van der Waals surface area contributed by atoms with Gasteiger partial charge in [-0.15, -0.1) is 10.2 Å². The van der Waals surface area contributed by atoms with E-state index in [4.69, 9.17) is 0 Å². The molecule has 0 bridgehead atoms. The third kappa shape index (κ3) is 7.13. The van der Waals surface area contributed by atoms with Crippen molar-refractivity contribution < 1.29 is 86.7 Å². The monoisotopic (exact) mass is 514 g/mol. The molecule has 0 aliphatic carbocycles. The topological polar surface area (TPSA) is 150 Å². The van der Waals surface area contributed by atoms with Crippen LogP contribution in [0.3, 0.4) is 0 Å². The maximum atomic E-state index is 11.3. The summed E-state index contributed by atoms with van der Waals surface area (Å²) in [6.07, 6.45) is 1.60. The second kappa shape index (κ2) is 13.2. The third-order valence-electron chi connectivity index (χ3n) is 4.28. The molecule has 0 radical (unpaired) electrons. The molecule has 14 heteroatoms. The number of aromatic nitrogens is 4. The second-order valence-electron chi connectivity index (χ2n) is 6.27. The molecule has 0 aliphatic heterocycles. The molecule has 2 aromatic carbocycles. The fourth-order valence-corrected chi connectivity index (χ4v) is 3.65. The maximum Gasteiger partial charge on any atom is 1.00 e. The average molecular weight is 514 g/mol. The van der Waals surface area contributed by atoms with Gasteiger partial charge in [0, 0.05) is 22.2 Å². The normalized spacial score (nSPS) is 10.8. The summed E-state index contributed by atoms with van der Waals surface area (Å²) in [4.78, 5) is 9.09. The van der Waals surface area contributed by atoms with E-state index in [9.17, 15) is 18.2 Å². The number of benzene rings is 2. The van der Waals surface area contributed by atoms with Crippen molar-refractivity contribution in [3.05, 3.63) is 72.9 Å². The Bertz CT molecular complexity index is 1330. The fourth-order valence-electron chi connectivity index (χ4n) is 2.83. The molecular weight excluding hydrogens is 502 g/mol. The van der Waals surface area contributed by atoms with E-state index in [1.165, 1.54) is 24.3 Å². The Morgan fingerprint density at radius 1 is 0.824 bits per heavy atom. The van der Waals surface area contributed by atoms with Crippen LogP contribution in [0.4, 0.5) is 0 Å². The van der Waals surface area contributed by atoms with Gasteiger partial charge in [0.2, 0.25) is 5.82 Å². The summed E-state index contributed by atoms with van der Waals surface area (Å²) in [5.74, 6) is 0.276. The van der Waals surface area contributed by atoms with E-state index in [1.54, 1.807) is 48.7 Å². The van der Waals surface area contributed by atoms with Crippen molar-refractivity contribution in [3.8, 4) is 34.0 Å². The first-order valence-corrected chi connectivity index (χ1v) is 11.1. The molecule has 4 rings (SSSR count). The van der Waals surface area contributed by atoms with Crippen LogP contribution in [0, 0.1) is 0 Å². The van der Waals surface area contributed by atoms with E-state index in [2.05, 4.69) is 29.5 Å². The largest absolute Gasteiger partial charge is 1.00 e. The molecule has 2 heterocycles. The Kier molecular flexibility index (Phi) is 11.2. The Morgan fingerprint density at radius 3 is 2.06 bits per heavy atom. The van der Waals surface area contributed by atoms with Gasteiger partial charge in [0.25, 0.3) is 0 Å². The van der Waals surface area contributed by atoms with Gasteiger partial charge >= 0.3 is 59.1 Å². The SMILES string of the molecule is O=S(=O)([O-])c1ccc(-c2nc(-c3ccccn3)nnc2-c2ccc(SOO[O-])cc2)cc1.[Na+].[Na+]. The van der Waals surface area contributed by atoms with E-state index >= 15 is 0 Å². The van der Waals surface area contributed by atoms with E-state index in [0.29, 0.717) is 33.1 Å². The average Bonchev–Trinajstić information content (AvgIpc) is 2.83. The maximum absolute atomic E-state index is 11.3. The molecule has 34 heavy (non-hydrogen) atoms. The fraction of sp³-hybridized carbons (Fsp3) is 0. The zero-order valence-corrected chi connectivity index (χ0v) is 23.6. The summed E-state index contributed by atoms with van der Waals surface area (Å²) < 4.78 is 38.1. The van der Waals surface area contributed by atoms with Crippen LogP contribution in [-0.4, -0.2) is 33.1 Å². The number of hydrogen-bond acceptors (Lipinski definition) is 11. The van der Waals surface area contributed by atoms with Crippen LogP contribution in [0.1, 0.15) is 0 Å². The van der Waals surface area contributed by atoms with Gasteiger partial charge in [0.05, 0.1) is 16.9 Å². The first kappa shape index (κ1) is 29.0. The van der Waals surface area contributed by atoms with Crippen molar-refractivity contribution >= 4 is 22.2 Å². The molecule has 0 saturated carbocycles. The van der Waals surface area contributed by atoms with Crippen molar-refractivity contribution in [1.29, 1.82) is 0 Å². The summed E-state index contributed by atoms with van der Waals surface area (Å²) >= 11 is 0.747. The van der Waals surface area contributed by atoms with Crippen molar-refractivity contribution in [3.63, 3.8) is 0 Å². The molecule has 0 spiro atoms. The van der Waals surface area contributed by atoms with Gasteiger partial charge in [-0.2, -0.15) is 4.33 Å². The smallest absolute Gasteiger partial charge is 0.744 e. The van der Waals surface area contributed by atoms with Crippen LogP contribution in [-0.2, 0) is 19.5 Å². The summed E-state index contributed by atoms with van der Waals surface area (Å²) in [6.45, 7) is 0. The number of rotatable bonds is 7. The molecule has 0 aliphatic rings. The zero-order chi connectivity index (χ0) is 22.6. The molecule has 0 N–H and O–H groups in total. The summed E-state index contributed by atoms with van der Waals surface area (Å²) in [5.41, 5.74) is 2.52. The van der Waals surface area contributed by atoms with Crippen LogP contribution in [0.15, 0.2) is 82.7 Å². The Hall–Kier alpha value is -1.26. The van der Waals surface area contributed by atoms with Gasteiger partial charge in [-0.25, -0.2) is 13.4 Å². The van der Waals surface area contributed by atoms with Crippen LogP contribution >= 0.6 is 12.0 Å². The van der Waals surface area contributed by atoms with E-state index in [1.807, 2.05) is 0 Å². The van der Waals surface area contributed by atoms with E-state index in [0.717, 1.165) is 12.0 Å². The molecule has 0 unspecified atom stereocenters. The standard InChI is InChI=1S/C20H14N4O6S2.2Na/c25-29-30-31-15-8-4-14(5-9-15)19-18(13-6-10-16(11-7-13)32(26,27)28)22-20(24-23-19)17-3-1-2-12-21-17;;/h1-12,25H,(H,26,27,28);;/q;2*+1/p-2. The molecule has 162 valence electrons. The number of nitrogens with zero attached hydrogens (tertiary/aromatic N) is 4. The predicted molar refractivity (Wildman–Crippen MR) is 110 cm³/mol. The minimum Gasteiger partial charge on any atom is -0.744 e. The molecule has 0 fully saturated rings. The number of hydrogen-bond donors (Lipinski definition) is 0. The minimum absolute atomic E-state index is 0. The van der Waals surface area contributed by atoms with Crippen molar-refractivity contribution in [1.82, 2.24) is 20.2 Å². The third-order valence-corrected chi connectivity index (χ3v) is 5.72. The molecule has 4 aromatic rings. The Balaban J connectivity index is 0.00000204. The second-order valence-corrected chi connectivity index (χ2v) is 8.42. The molecular formula is C20H12N4Na2O6S2. The zero-order valence-electron chi connectivity index (χ0n) is 18.0. The first-order chi connectivity index (χ1) is 15.5. The quantitative estimate of drug-likeness (QED) is 0.0792. The molecule has 0 saturated heterocycles. The predicted octanol–water partition coefficient (Wildman–Crippen LogP) is -3.59. The van der Waals surface area contributed by atoms with Crippen LogP contribution in [0.25, 0.3) is 34.0 Å². The summed E-state index contributed by atoms with van der Waals surface area (Å²) in [7, 11) is -4.58. The van der Waals surface area contributed by atoms with Crippen LogP contribution in [0.2, 0.25) is 0 Å². The first-order valence-electron chi connectivity index (χ1n) is 8.92. The van der Waals surface area contributed by atoms with Gasteiger partial charge in [-0.05, 0) is 36.4 Å². The minimum atomic E-state index is -4.58. The van der Waals surface area contributed by atoms with Crippen molar-refractivity contribution in [2.45, 2.75) is 9.79 Å². The Labute approximate surface area is 243 Å². The van der Waals surface area contributed by atoms with Crippen LogP contribution in [0.5, 0.6) is 0 Å². The molecule has 10 nitrogen and oxygen atoms in total. The number of pyridine rings is 1. The van der Waals surface area contributed by atoms with Gasteiger partial charge < -0.3 is 9.81 Å². The van der Waals surface area contributed by atoms with Gasteiger partial charge in [-0.1, -0.05) is 30.3 Å². The molecule has 0 atom stereocenters. The Morgan fingerprint density at radius 2 is 1.47 bits per heavy atom. The van der Waals surface area contributed by atoms with Gasteiger partial charge in [-0.3, -0.25) is 10.0 Å². The van der Waals surface area contributed by atoms with E-state index in [-0.39, 0.29) is 69.8 Å². The van der Waals surface area contributed by atoms with Crippen LogP contribution < -0.4 is 64.4 Å².